The van der Waals surface area contributed by atoms with Gasteiger partial charge in [0.2, 0.25) is 0 Å². The van der Waals surface area contributed by atoms with Crippen LogP contribution in [0.1, 0.15) is 49.5 Å². The molecule has 1 amide bonds. The first-order valence-electron chi connectivity index (χ1n) is 6.80. The molecule has 0 saturated heterocycles. The normalized spacial score (nSPS) is 27.2. The minimum atomic E-state index is -0.749. The van der Waals surface area contributed by atoms with Crippen molar-refractivity contribution < 1.29 is 10.0 Å². The lowest BCUT2D eigenvalue weighted by molar-refractivity contribution is 0.0890. The summed E-state index contributed by atoms with van der Waals surface area (Å²) in [4.78, 5) is 16.2. The Labute approximate surface area is 122 Å². The summed E-state index contributed by atoms with van der Waals surface area (Å²) in [7, 11) is 0. The highest BCUT2D eigenvalue weighted by molar-refractivity contribution is 7.07. The molecular formula is C13H20N4O2S. The molecule has 0 bridgehead atoms. The Morgan fingerprint density at radius 1 is 1.65 bits per heavy atom. The molecule has 1 heterocycles. The van der Waals surface area contributed by atoms with Crippen molar-refractivity contribution in [2.75, 3.05) is 0 Å². The number of aromatic nitrogens is 1. The van der Waals surface area contributed by atoms with E-state index in [2.05, 4.69) is 22.4 Å². The van der Waals surface area contributed by atoms with Gasteiger partial charge in [0.1, 0.15) is 11.2 Å². The van der Waals surface area contributed by atoms with Crippen LogP contribution < -0.4 is 11.1 Å². The van der Waals surface area contributed by atoms with Crippen LogP contribution in [-0.4, -0.2) is 27.5 Å². The van der Waals surface area contributed by atoms with Gasteiger partial charge >= 0.3 is 0 Å². The third kappa shape index (κ3) is 2.92. The quantitative estimate of drug-likeness (QED) is 0.342. The van der Waals surface area contributed by atoms with E-state index in [1.54, 1.807) is 10.9 Å². The second-order valence-corrected chi connectivity index (χ2v) is 5.97. The molecular weight excluding hydrogens is 276 g/mol. The van der Waals surface area contributed by atoms with Crippen molar-refractivity contribution in [1.82, 2.24) is 10.3 Å². The second-order valence-electron chi connectivity index (χ2n) is 5.25. The average Bonchev–Trinajstić information content (AvgIpc) is 3.01. The number of nitrogens with one attached hydrogen (secondary N) is 1. The second kappa shape index (κ2) is 6.21. The van der Waals surface area contributed by atoms with Crippen LogP contribution in [0.2, 0.25) is 0 Å². The number of hydrogen-bond donors (Lipinski definition) is 3. The van der Waals surface area contributed by atoms with Crippen LogP contribution in [0.5, 0.6) is 0 Å². The SMILES string of the molecule is CCC1CCC(NC(=O)c2cscn2)(C(N)=NO)CC1. The number of nitrogens with two attached hydrogens (primary N) is 1. The fourth-order valence-electron chi connectivity index (χ4n) is 2.73. The number of carbonyl (C=O) groups excluding carboxylic acids is 1. The largest absolute Gasteiger partial charge is 0.409 e. The zero-order valence-electron chi connectivity index (χ0n) is 11.5. The summed E-state index contributed by atoms with van der Waals surface area (Å²) >= 11 is 1.36. The summed E-state index contributed by atoms with van der Waals surface area (Å²) in [5, 5.41) is 16.8. The van der Waals surface area contributed by atoms with Crippen LogP contribution in [0, 0.1) is 5.92 Å². The Morgan fingerprint density at radius 2 is 2.35 bits per heavy atom. The van der Waals surface area contributed by atoms with Crippen molar-refractivity contribution in [2.45, 2.75) is 44.6 Å². The molecule has 110 valence electrons. The monoisotopic (exact) mass is 296 g/mol. The van der Waals surface area contributed by atoms with E-state index >= 15 is 0 Å². The van der Waals surface area contributed by atoms with E-state index in [0.29, 0.717) is 24.5 Å². The molecule has 0 aromatic carbocycles. The van der Waals surface area contributed by atoms with Gasteiger partial charge in [0.15, 0.2) is 5.84 Å². The molecule has 0 spiro atoms. The Morgan fingerprint density at radius 3 is 2.85 bits per heavy atom. The van der Waals surface area contributed by atoms with E-state index in [1.165, 1.54) is 11.3 Å². The molecule has 0 aliphatic heterocycles. The number of amides is 1. The maximum absolute atomic E-state index is 12.2. The van der Waals surface area contributed by atoms with Crippen molar-refractivity contribution in [3.63, 3.8) is 0 Å². The molecule has 1 aromatic heterocycles. The summed E-state index contributed by atoms with van der Waals surface area (Å²) in [6.07, 6.45) is 4.43. The average molecular weight is 296 g/mol. The van der Waals surface area contributed by atoms with Gasteiger partial charge < -0.3 is 16.3 Å². The fourth-order valence-corrected chi connectivity index (χ4v) is 3.26. The number of thiazole rings is 1. The molecule has 6 nitrogen and oxygen atoms in total. The third-order valence-corrected chi connectivity index (χ3v) is 4.74. The molecule has 4 N–H and O–H groups in total. The van der Waals surface area contributed by atoms with Crippen molar-refractivity contribution in [3.05, 3.63) is 16.6 Å². The van der Waals surface area contributed by atoms with E-state index in [-0.39, 0.29) is 11.7 Å². The lowest BCUT2D eigenvalue weighted by atomic mass is 9.75. The molecule has 2 rings (SSSR count). The van der Waals surface area contributed by atoms with Crippen LogP contribution in [0.4, 0.5) is 0 Å². The maximum atomic E-state index is 12.2. The van der Waals surface area contributed by atoms with Gasteiger partial charge in [0.05, 0.1) is 5.51 Å². The van der Waals surface area contributed by atoms with Crippen LogP contribution >= 0.6 is 11.3 Å². The van der Waals surface area contributed by atoms with E-state index in [9.17, 15) is 4.79 Å². The van der Waals surface area contributed by atoms with Gasteiger partial charge in [-0.1, -0.05) is 18.5 Å². The van der Waals surface area contributed by atoms with Gasteiger partial charge in [-0.05, 0) is 31.6 Å². The number of carbonyl (C=O) groups is 1. The summed E-state index contributed by atoms with van der Waals surface area (Å²) < 4.78 is 0. The lowest BCUT2D eigenvalue weighted by Crippen LogP contribution is -2.59. The minimum absolute atomic E-state index is 0.0793. The first-order chi connectivity index (χ1) is 9.61. The zero-order valence-corrected chi connectivity index (χ0v) is 12.3. The molecule has 1 saturated carbocycles. The van der Waals surface area contributed by atoms with Gasteiger partial charge in [0.25, 0.3) is 5.91 Å². The molecule has 7 heteroatoms. The smallest absolute Gasteiger partial charge is 0.271 e. The van der Waals surface area contributed by atoms with Gasteiger partial charge in [-0.25, -0.2) is 4.98 Å². The summed E-state index contributed by atoms with van der Waals surface area (Å²) in [5.41, 5.74) is 7.07. The zero-order chi connectivity index (χ0) is 14.6. The topological polar surface area (TPSA) is 101 Å². The van der Waals surface area contributed by atoms with Crippen LogP contribution in [-0.2, 0) is 0 Å². The van der Waals surface area contributed by atoms with Crippen molar-refractivity contribution in [2.24, 2.45) is 16.8 Å². The standard InChI is InChI=1S/C13H20N4O2S/c1-2-9-3-5-13(6-4-9,12(14)17-19)16-11(18)10-7-20-8-15-10/h7-9,19H,2-6H2,1H3,(H2,14,17)(H,16,18). The number of rotatable bonds is 4. The Hall–Kier alpha value is -1.63. The molecule has 0 unspecified atom stereocenters. The van der Waals surface area contributed by atoms with E-state index < -0.39 is 5.54 Å². The first-order valence-corrected chi connectivity index (χ1v) is 7.74. The highest BCUT2D eigenvalue weighted by Crippen LogP contribution is 2.34. The molecule has 1 aliphatic carbocycles. The number of oxime groups is 1. The molecule has 1 fully saturated rings. The van der Waals surface area contributed by atoms with Gasteiger partial charge in [-0.3, -0.25) is 4.79 Å². The fraction of sp³-hybridized carbons (Fsp3) is 0.615. The van der Waals surface area contributed by atoms with Crippen molar-refractivity contribution >= 4 is 23.1 Å². The Bertz CT molecular complexity index is 479. The van der Waals surface area contributed by atoms with E-state index in [0.717, 1.165) is 19.3 Å². The molecule has 0 radical (unpaired) electrons. The third-order valence-electron chi connectivity index (χ3n) is 4.15. The number of hydrogen-bond acceptors (Lipinski definition) is 5. The number of nitrogens with zero attached hydrogens (tertiary/aromatic N) is 2. The van der Waals surface area contributed by atoms with Gasteiger partial charge in [0, 0.05) is 5.38 Å². The Balaban J connectivity index is 2.15. The van der Waals surface area contributed by atoms with Crippen LogP contribution in [0.3, 0.4) is 0 Å². The van der Waals surface area contributed by atoms with E-state index in [4.69, 9.17) is 10.9 Å². The predicted octanol–water partition coefficient (Wildman–Crippen LogP) is 1.96. The minimum Gasteiger partial charge on any atom is -0.409 e. The van der Waals surface area contributed by atoms with Gasteiger partial charge in [-0.2, -0.15) is 0 Å². The summed E-state index contributed by atoms with van der Waals surface area (Å²) in [6.45, 7) is 2.16. The van der Waals surface area contributed by atoms with Gasteiger partial charge in [-0.15, -0.1) is 11.3 Å². The van der Waals surface area contributed by atoms with Crippen LogP contribution in [0.25, 0.3) is 0 Å². The molecule has 20 heavy (non-hydrogen) atoms. The molecule has 0 atom stereocenters. The highest BCUT2D eigenvalue weighted by Gasteiger charge is 2.40. The summed E-state index contributed by atoms with van der Waals surface area (Å²) in [5.74, 6) is 0.453. The van der Waals surface area contributed by atoms with Crippen molar-refractivity contribution in [3.8, 4) is 0 Å². The lowest BCUT2D eigenvalue weighted by Gasteiger charge is -2.39. The predicted molar refractivity (Wildman–Crippen MR) is 78.0 cm³/mol. The molecule has 1 aromatic rings. The van der Waals surface area contributed by atoms with E-state index in [1.807, 2.05) is 0 Å². The maximum Gasteiger partial charge on any atom is 0.271 e. The van der Waals surface area contributed by atoms with Crippen molar-refractivity contribution in [1.29, 1.82) is 0 Å². The molecule has 1 aliphatic rings. The first kappa shape index (κ1) is 14.8. The Kier molecular flexibility index (Phi) is 4.59. The summed E-state index contributed by atoms with van der Waals surface area (Å²) in [6, 6.07) is 0. The van der Waals surface area contributed by atoms with Crippen LogP contribution in [0.15, 0.2) is 16.0 Å². The highest BCUT2D eigenvalue weighted by atomic mass is 32.1. The number of amidine groups is 1.